The first kappa shape index (κ1) is 16.4. The van der Waals surface area contributed by atoms with Gasteiger partial charge in [0, 0.05) is 23.6 Å². The molecule has 1 aromatic heterocycles. The fourth-order valence-electron chi connectivity index (χ4n) is 2.32. The van der Waals surface area contributed by atoms with Crippen LogP contribution in [0, 0.1) is 6.92 Å². The van der Waals surface area contributed by atoms with Crippen LogP contribution in [0.1, 0.15) is 12.5 Å². The molecule has 0 fully saturated rings. The molecule has 2 aromatic rings. The Morgan fingerprint density at radius 2 is 2.00 bits per heavy atom. The lowest BCUT2D eigenvalue weighted by atomic mass is 9.91. The summed E-state index contributed by atoms with van der Waals surface area (Å²) in [5.74, 6) is 0.810. The van der Waals surface area contributed by atoms with Gasteiger partial charge >= 0.3 is 0 Å². The third-order valence-electron chi connectivity index (χ3n) is 3.18. The Morgan fingerprint density at radius 1 is 1.27 bits per heavy atom. The average Bonchev–Trinajstić information content (AvgIpc) is 2.40. The topological polar surface area (TPSA) is 68.3 Å². The van der Waals surface area contributed by atoms with E-state index in [1.807, 2.05) is 27.8 Å². The molecule has 116 valence electrons. The second kappa shape index (κ2) is 6.40. The molecule has 22 heavy (non-hydrogen) atoms. The number of benzene rings is 1. The van der Waals surface area contributed by atoms with Crippen LogP contribution in [0.4, 0.5) is 5.69 Å². The van der Waals surface area contributed by atoms with E-state index >= 15 is 0 Å². The number of anilines is 1. The molecule has 0 amide bonds. The third-order valence-corrected chi connectivity index (χ3v) is 3.79. The number of rotatable bonds is 5. The van der Waals surface area contributed by atoms with Crippen molar-refractivity contribution in [3.8, 4) is 16.9 Å². The van der Waals surface area contributed by atoms with E-state index in [9.17, 15) is 8.42 Å². The van der Waals surface area contributed by atoms with Gasteiger partial charge in [0.25, 0.3) is 0 Å². The minimum atomic E-state index is -3.28. The van der Waals surface area contributed by atoms with E-state index in [1.54, 1.807) is 24.5 Å². The van der Waals surface area contributed by atoms with Gasteiger partial charge in [-0.1, -0.05) is 6.07 Å². The van der Waals surface area contributed by atoms with Crippen molar-refractivity contribution < 1.29 is 13.2 Å². The van der Waals surface area contributed by atoms with Gasteiger partial charge in [-0.25, -0.2) is 8.42 Å². The molecule has 0 radical (unpaired) electrons. The smallest absolute Gasteiger partial charge is 0.229 e. The van der Waals surface area contributed by atoms with Crippen molar-refractivity contribution in [3.05, 3.63) is 36.2 Å². The molecule has 0 bridgehead atoms. The van der Waals surface area contributed by atoms with Crippen LogP contribution in [0.5, 0.6) is 5.75 Å². The van der Waals surface area contributed by atoms with Crippen molar-refractivity contribution in [3.63, 3.8) is 0 Å². The van der Waals surface area contributed by atoms with Gasteiger partial charge in [0.15, 0.2) is 0 Å². The van der Waals surface area contributed by atoms with Crippen molar-refractivity contribution in [1.29, 1.82) is 0 Å². The molecule has 0 saturated carbocycles. The number of ether oxygens (including phenoxy) is 1. The van der Waals surface area contributed by atoms with Gasteiger partial charge < -0.3 is 4.74 Å². The van der Waals surface area contributed by atoms with E-state index < -0.39 is 10.0 Å². The summed E-state index contributed by atoms with van der Waals surface area (Å²) in [6.45, 7) is 4.45. The fraction of sp³-hybridized carbons (Fsp3) is 0.267. The molecule has 1 aromatic carbocycles. The zero-order valence-corrected chi connectivity index (χ0v) is 14.0. The monoisotopic (exact) mass is 318 g/mol. The number of sulfonamides is 1. The Hall–Kier alpha value is -2.02. The first-order valence-electron chi connectivity index (χ1n) is 6.98. The molecule has 0 aliphatic carbocycles. The molecule has 2 rings (SSSR count). The van der Waals surface area contributed by atoms with Gasteiger partial charge in [-0.15, -0.1) is 0 Å². The van der Waals surface area contributed by atoms with Gasteiger partial charge in [0.1, 0.15) is 13.6 Å². The molecule has 0 aliphatic rings. The second-order valence-corrected chi connectivity index (χ2v) is 6.92. The van der Waals surface area contributed by atoms with Crippen molar-refractivity contribution in [1.82, 2.24) is 4.98 Å². The fourth-order valence-corrected chi connectivity index (χ4v) is 2.88. The van der Waals surface area contributed by atoms with Crippen LogP contribution in [0.25, 0.3) is 11.1 Å². The van der Waals surface area contributed by atoms with Crippen LogP contribution >= 0.6 is 0 Å². The van der Waals surface area contributed by atoms with Crippen LogP contribution in [-0.4, -0.2) is 34.1 Å². The standard InChI is InChI=1S/C15H19BN2O3S/c1-4-21-15-13(8-17-9-14(15)16)12-6-5-11(7-10(12)2)18-22(3,19)20/h5-9,18H,4,16H2,1-3H3. The van der Waals surface area contributed by atoms with Crippen LogP contribution in [0.15, 0.2) is 30.6 Å². The second-order valence-electron chi connectivity index (χ2n) is 5.17. The molecular weight excluding hydrogens is 299 g/mol. The molecule has 1 N–H and O–H groups in total. The molecule has 7 heteroatoms. The Morgan fingerprint density at radius 3 is 2.59 bits per heavy atom. The van der Waals surface area contributed by atoms with E-state index in [0.29, 0.717) is 12.3 Å². The SMILES string of the molecule is Bc1cncc(-c2ccc(NS(C)(=O)=O)cc2C)c1OCC. The lowest BCUT2D eigenvalue weighted by Gasteiger charge is -2.15. The maximum atomic E-state index is 11.3. The summed E-state index contributed by atoms with van der Waals surface area (Å²) in [4.78, 5) is 4.23. The molecule has 0 unspecified atom stereocenters. The summed E-state index contributed by atoms with van der Waals surface area (Å²) in [6.07, 6.45) is 4.67. The van der Waals surface area contributed by atoms with Crippen molar-refractivity contribution in [2.75, 3.05) is 17.6 Å². The highest BCUT2D eigenvalue weighted by Crippen LogP contribution is 2.31. The average molecular weight is 318 g/mol. The van der Waals surface area contributed by atoms with Crippen molar-refractivity contribution in [2.45, 2.75) is 13.8 Å². The summed E-state index contributed by atoms with van der Waals surface area (Å²) in [5, 5.41) is 0. The minimum absolute atomic E-state index is 0.544. The Kier molecular flexibility index (Phi) is 4.76. The predicted octanol–water partition coefficient (Wildman–Crippen LogP) is 1.09. The quantitative estimate of drug-likeness (QED) is 0.838. The summed E-state index contributed by atoms with van der Waals surface area (Å²) in [6, 6.07) is 5.41. The summed E-state index contributed by atoms with van der Waals surface area (Å²) >= 11 is 0. The molecule has 5 nitrogen and oxygen atoms in total. The number of aryl methyl sites for hydroxylation is 1. The maximum absolute atomic E-state index is 11.3. The summed E-state index contributed by atoms with van der Waals surface area (Å²) in [5.41, 5.74) is 4.34. The van der Waals surface area contributed by atoms with Gasteiger partial charge in [-0.2, -0.15) is 0 Å². The Bertz CT molecular complexity index is 791. The van der Waals surface area contributed by atoms with Gasteiger partial charge in [-0.3, -0.25) is 9.71 Å². The largest absolute Gasteiger partial charge is 0.494 e. The number of nitrogens with zero attached hydrogens (tertiary/aromatic N) is 1. The van der Waals surface area contributed by atoms with E-state index in [0.717, 1.165) is 34.2 Å². The highest BCUT2D eigenvalue weighted by Gasteiger charge is 2.12. The molecule has 0 saturated heterocycles. The molecular formula is C15H19BN2O3S. The zero-order chi connectivity index (χ0) is 16.3. The van der Waals surface area contributed by atoms with Gasteiger partial charge in [0.2, 0.25) is 10.0 Å². The molecule has 0 aliphatic heterocycles. The number of hydrogen-bond acceptors (Lipinski definition) is 4. The third kappa shape index (κ3) is 3.79. The number of pyridine rings is 1. The first-order chi connectivity index (χ1) is 10.3. The Labute approximate surface area is 132 Å². The van der Waals surface area contributed by atoms with E-state index in [4.69, 9.17) is 4.74 Å². The van der Waals surface area contributed by atoms with Gasteiger partial charge in [-0.05, 0) is 42.6 Å². The van der Waals surface area contributed by atoms with Crippen molar-refractivity contribution >= 4 is 29.0 Å². The highest BCUT2D eigenvalue weighted by molar-refractivity contribution is 7.92. The predicted molar refractivity (Wildman–Crippen MR) is 92.2 cm³/mol. The number of aromatic nitrogens is 1. The van der Waals surface area contributed by atoms with E-state index in [2.05, 4.69) is 9.71 Å². The first-order valence-corrected chi connectivity index (χ1v) is 8.87. The summed E-state index contributed by atoms with van der Waals surface area (Å²) in [7, 11) is -1.33. The van der Waals surface area contributed by atoms with Crippen LogP contribution in [-0.2, 0) is 10.0 Å². The summed E-state index contributed by atoms with van der Waals surface area (Å²) < 4.78 is 30.8. The van der Waals surface area contributed by atoms with Crippen LogP contribution < -0.4 is 14.9 Å². The lowest BCUT2D eigenvalue weighted by Crippen LogP contribution is -2.12. The van der Waals surface area contributed by atoms with Crippen molar-refractivity contribution in [2.24, 2.45) is 0 Å². The van der Waals surface area contributed by atoms with E-state index in [-0.39, 0.29) is 0 Å². The number of hydrogen-bond donors (Lipinski definition) is 1. The van der Waals surface area contributed by atoms with E-state index in [1.165, 1.54) is 0 Å². The lowest BCUT2D eigenvalue weighted by molar-refractivity contribution is 0.344. The highest BCUT2D eigenvalue weighted by atomic mass is 32.2. The zero-order valence-electron chi connectivity index (χ0n) is 13.2. The minimum Gasteiger partial charge on any atom is -0.494 e. The molecule has 1 heterocycles. The molecule has 0 atom stereocenters. The number of nitrogens with one attached hydrogen (secondary N) is 1. The Balaban J connectivity index is 2.48. The maximum Gasteiger partial charge on any atom is 0.229 e. The normalized spacial score (nSPS) is 11.2. The van der Waals surface area contributed by atoms with Crippen LogP contribution in [0.2, 0.25) is 0 Å². The van der Waals surface area contributed by atoms with Gasteiger partial charge in [0.05, 0.1) is 12.9 Å². The molecule has 0 spiro atoms. The van der Waals surface area contributed by atoms with Crippen LogP contribution in [0.3, 0.4) is 0 Å².